The average molecular weight is 633 g/mol. The van der Waals surface area contributed by atoms with Gasteiger partial charge in [-0.3, -0.25) is 14.3 Å². The van der Waals surface area contributed by atoms with Crippen LogP contribution < -0.4 is 9.62 Å². The van der Waals surface area contributed by atoms with Crippen LogP contribution in [0.1, 0.15) is 38.1 Å². The molecule has 1 aliphatic heterocycles. The molecule has 1 amide bonds. The van der Waals surface area contributed by atoms with Crippen molar-refractivity contribution in [2.45, 2.75) is 56.4 Å². The summed E-state index contributed by atoms with van der Waals surface area (Å²) in [5.74, 6) is -0.356. The number of hydrogen-bond donors (Lipinski definition) is 1. The van der Waals surface area contributed by atoms with E-state index in [4.69, 9.17) is 6.57 Å². The first-order chi connectivity index (χ1) is 19.6. The molecule has 42 heavy (non-hydrogen) atoms. The van der Waals surface area contributed by atoms with Gasteiger partial charge in [0.25, 0.3) is 12.1 Å². The number of fused-ring (bicyclic) bond motifs is 1. The standard InChI is InChI=1S/C24H25F5N8O3S2/c1-13(2)22(38)36-8-6-35(7-9-36)16-11-14(42(39,40)34-23(30-3)4-5-23)10-15-17(20-31-32-21(41-20)19(25)26)33-37(18(15)16)12-24(27,28)29/h10-11,13,19,34H,4-9,12H2,1-2H3. The number of carbonyl (C=O) groups excluding carboxylic acids is 1. The van der Waals surface area contributed by atoms with Crippen LogP contribution >= 0.6 is 11.3 Å². The predicted molar refractivity (Wildman–Crippen MR) is 142 cm³/mol. The van der Waals surface area contributed by atoms with Gasteiger partial charge in [-0.1, -0.05) is 25.2 Å². The third-order valence-electron chi connectivity index (χ3n) is 6.95. The molecule has 1 saturated heterocycles. The Morgan fingerprint density at radius 1 is 1.17 bits per heavy atom. The van der Waals surface area contributed by atoms with E-state index in [0.717, 1.165) is 6.07 Å². The van der Waals surface area contributed by atoms with Crippen molar-refractivity contribution in [3.05, 3.63) is 28.6 Å². The normalized spacial score (nSPS) is 17.3. The third-order valence-corrected chi connectivity index (χ3v) is 9.40. The van der Waals surface area contributed by atoms with Crippen molar-refractivity contribution in [1.29, 1.82) is 0 Å². The number of hydrogen-bond acceptors (Lipinski definition) is 8. The maximum absolute atomic E-state index is 13.7. The highest BCUT2D eigenvalue weighted by atomic mass is 32.2. The van der Waals surface area contributed by atoms with E-state index in [9.17, 15) is 35.2 Å². The van der Waals surface area contributed by atoms with Crippen LogP contribution in [-0.4, -0.2) is 77.2 Å². The van der Waals surface area contributed by atoms with E-state index in [1.54, 1.807) is 23.6 Å². The molecule has 0 unspecified atom stereocenters. The minimum Gasteiger partial charge on any atom is -0.366 e. The fourth-order valence-electron chi connectivity index (χ4n) is 4.72. The number of sulfonamides is 1. The molecule has 3 aromatic rings. The number of rotatable bonds is 8. The highest BCUT2D eigenvalue weighted by Gasteiger charge is 2.54. The smallest absolute Gasteiger partial charge is 0.366 e. The maximum Gasteiger partial charge on any atom is 0.408 e. The fourth-order valence-corrected chi connectivity index (χ4v) is 6.83. The lowest BCUT2D eigenvalue weighted by Crippen LogP contribution is -2.50. The zero-order valence-corrected chi connectivity index (χ0v) is 24.0. The van der Waals surface area contributed by atoms with Crippen LogP contribution in [-0.2, 0) is 21.4 Å². The Hall–Kier alpha value is -3.43. The van der Waals surface area contributed by atoms with Gasteiger partial charge in [0, 0.05) is 37.5 Å². The summed E-state index contributed by atoms with van der Waals surface area (Å²) in [5.41, 5.74) is -1.52. The quantitative estimate of drug-likeness (QED) is 0.294. The van der Waals surface area contributed by atoms with Gasteiger partial charge in [-0.25, -0.2) is 23.8 Å². The van der Waals surface area contributed by atoms with Crippen LogP contribution in [0.4, 0.5) is 27.6 Å². The van der Waals surface area contributed by atoms with Crippen molar-refractivity contribution in [1.82, 2.24) is 29.6 Å². The Morgan fingerprint density at radius 2 is 1.83 bits per heavy atom. The van der Waals surface area contributed by atoms with Crippen molar-refractivity contribution in [3.8, 4) is 10.7 Å². The first kappa shape index (κ1) is 30.0. The Labute approximate surface area is 241 Å². The molecule has 5 rings (SSSR count). The summed E-state index contributed by atoms with van der Waals surface area (Å²) in [6.07, 6.45) is -7.12. The second-order valence-corrected chi connectivity index (χ2v) is 13.1. The zero-order chi connectivity index (χ0) is 30.6. The Kier molecular flexibility index (Phi) is 7.64. The van der Waals surface area contributed by atoms with Crippen LogP contribution in [0.2, 0.25) is 0 Å². The minimum absolute atomic E-state index is 0.0672. The van der Waals surface area contributed by atoms with E-state index in [1.165, 1.54) is 6.07 Å². The Bertz CT molecular complexity index is 1670. The summed E-state index contributed by atoms with van der Waals surface area (Å²) in [5, 5.41) is 10.2. The van der Waals surface area contributed by atoms with Crippen molar-refractivity contribution in [3.63, 3.8) is 0 Å². The van der Waals surface area contributed by atoms with Crippen molar-refractivity contribution in [2.24, 2.45) is 5.92 Å². The molecule has 3 heterocycles. The van der Waals surface area contributed by atoms with Crippen molar-refractivity contribution in [2.75, 3.05) is 31.1 Å². The third kappa shape index (κ3) is 5.90. The minimum atomic E-state index is -4.73. The van der Waals surface area contributed by atoms with Crippen LogP contribution in [0, 0.1) is 12.5 Å². The van der Waals surface area contributed by atoms with Gasteiger partial charge in [0.15, 0.2) is 10.0 Å². The molecule has 0 atom stereocenters. The van der Waals surface area contributed by atoms with E-state index >= 15 is 0 Å². The molecule has 2 fully saturated rings. The Morgan fingerprint density at radius 3 is 2.36 bits per heavy atom. The van der Waals surface area contributed by atoms with Crippen molar-refractivity contribution >= 4 is 43.9 Å². The van der Waals surface area contributed by atoms with E-state index in [-0.39, 0.29) is 70.2 Å². The summed E-state index contributed by atoms with van der Waals surface area (Å²) in [6.45, 7) is 10.1. The van der Waals surface area contributed by atoms with Gasteiger partial charge >= 0.3 is 6.18 Å². The lowest BCUT2D eigenvalue weighted by molar-refractivity contribution is -0.141. The molecule has 0 radical (unpaired) electrons. The predicted octanol–water partition coefficient (Wildman–Crippen LogP) is 4.05. The molecule has 0 bridgehead atoms. The number of piperazine rings is 1. The number of amides is 1. The summed E-state index contributed by atoms with van der Waals surface area (Å²) < 4.78 is 97.6. The number of aromatic nitrogens is 4. The first-order valence-electron chi connectivity index (χ1n) is 12.8. The number of halogens is 5. The van der Waals surface area contributed by atoms with Crippen LogP contribution in [0.3, 0.4) is 0 Å². The number of carbonyl (C=O) groups is 1. The number of nitrogens with zero attached hydrogens (tertiary/aromatic N) is 7. The molecule has 11 nitrogen and oxygen atoms in total. The van der Waals surface area contributed by atoms with Crippen LogP contribution in [0.5, 0.6) is 0 Å². The highest BCUT2D eigenvalue weighted by molar-refractivity contribution is 7.89. The largest absolute Gasteiger partial charge is 0.408 e. The molecule has 0 spiro atoms. The van der Waals surface area contributed by atoms with Crippen molar-refractivity contribution < 1.29 is 35.2 Å². The van der Waals surface area contributed by atoms with Gasteiger partial charge in [-0.2, -0.15) is 18.3 Å². The summed E-state index contributed by atoms with van der Waals surface area (Å²) >= 11 is 0.433. The molecular weight excluding hydrogens is 607 g/mol. The summed E-state index contributed by atoms with van der Waals surface area (Å²) in [7, 11) is -4.36. The molecule has 226 valence electrons. The summed E-state index contributed by atoms with van der Waals surface area (Å²) in [6, 6.07) is 2.33. The van der Waals surface area contributed by atoms with Gasteiger partial charge in [0.05, 0.1) is 28.9 Å². The topological polar surface area (TPSA) is 118 Å². The summed E-state index contributed by atoms with van der Waals surface area (Å²) in [4.78, 5) is 18.8. The molecule has 2 aliphatic rings. The SMILES string of the molecule is [C-]#[N+]C1(NS(=O)(=O)c2cc(N3CCN(C(=O)C(C)C)CC3)c3c(c2)c(-c2nnc(C(F)F)s2)nn3CC(F)(F)F)CC1. The van der Waals surface area contributed by atoms with Gasteiger partial charge in [-0.15, -0.1) is 14.9 Å². The molecule has 1 saturated carbocycles. The number of alkyl halides is 5. The van der Waals surface area contributed by atoms with Crippen LogP contribution in [0.25, 0.3) is 26.4 Å². The number of benzene rings is 1. The van der Waals surface area contributed by atoms with E-state index in [0.29, 0.717) is 28.9 Å². The second kappa shape index (κ2) is 10.7. The molecule has 1 aromatic carbocycles. The lowest BCUT2D eigenvalue weighted by Gasteiger charge is -2.37. The molecule has 1 N–H and O–H groups in total. The fraction of sp³-hybridized carbons (Fsp3) is 0.542. The van der Waals surface area contributed by atoms with Crippen LogP contribution in [0.15, 0.2) is 17.0 Å². The molecule has 1 aliphatic carbocycles. The zero-order valence-electron chi connectivity index (χ0n) is 22.3. The van der Waals surface area contributed by atoms with E-state index in [2.05, 4.69) is 24.9 Å². The van der Waals surface area contributed by atoms with Gasteiger partial charge in [0.2, 0.25) is 15.9 Å². The second-order valence-electron chi connectivity index (χ2n) is 10.4. The number of anilines is 1. The molecule has 2 aromatic heterocycles. The van der Waals surface area contributed by atoms with Gasteiger partial charge in [-0.05, 0) is 12.1 Å². The lowest BCUT2D eigenvalue weighted by atomic mass is 10.1. The van der Waals surface area contributed by atoms with E-state index in [1.807, 2.05) is 0 Å². The highest BCUT2D eigenvalue weighted by Crippen LogP contribution is 2.42. The number of nitrogens with one attached hydrogen (secondary N) is 1. The monoisotopic (exact) mass is 632 g/mol. The maximum atomic E-state index is 13.7. The van der Waals surface area contributed by atoms with Gasteiger partial charge in [0.1, 0.15) is 12.2 Å². The Balaban J connectivity index is 1.69. The molecular formula is C24H25F5N8O3S2. The van der Waals surface area contributed by atoms with E-state index < -0.39 is 39.8 Å². The average Bonchev–Trinajstić information content (AvgIpc) is 3.34. The first-order valence-corrected chi connectivity index (χ1v) is 15.1. The molecule has 18 heteroatoms. The van der Waals surface area contributed by atoms with Gasteiger partial charge < -0.3 is 9.80 Å².